The lowest BCUT2D eigenvalue weighted by atomic mass is 10.1. The second-order valence-electron chi connectivity index (χ2n) is 3.84. The van der Waals surface area contributed by atoms with E-state index in [1.807, 2.05) is 19.1 Å². The first-order valence-corrected chi connectivity index (χ1v) is 5.96. The SMILES string of the molecule is C=CCNC(=O)COc1ccccc1[C@H](O)CC. The van der Waals surface area contributed by atoms with Gasteiger partial charge in [-0.15, -0.1) is 6.58 Å². The Balaban J connectivity index is 2.61. The Hall–Kier alpha value is -1.81. The fraction of sp³-hybridized carbons (Fsp3) is 0.357. The lowest BCUT2D eigenvalue weighted by Gasteiger charge is -2.14. The van der Waals surface area contributed by atoms with Crippen molar-refractivity contribution in [2.45, 2.75) is 19.4 Å². The number of hydrogen-bond donors (Lipinski definition) is 2. The Labute approximate surface area is 107 Å². The molecule has 1 aromatic carbocycles. The van der Waals surface area contributed by atoms with Gasteiger partial charge < -0.3 is 15.2 Å². The maximum Gasteiger partial charge on any atom is 0.258 e. The van der Waals surface area contributed by atoms with E-state index < -0.39 is 6.10 Å². The smallest absolute Gasteiger partial charge is 0.258 e. The van der Waals surface area contributed by atoms with Gasteiger partial charge in [0.15, 0.2) is 6.61 Å². The zero-order valence-corrected chi connectivity index (χ0v) is 10.6. The molecular weight excluding hydrogens is 230 g/mol. The summed E-state index contributed by atoms with van der Waals surface area (Å²) >= 11 is 0. The fourth-order valence-electron chi connectivity index (χ4n) is 1.49. The van der Waals surface area contributed by atoms with Crippen LogP contribution in [0.25, 0.3) is 0 Å². The summed E-state index contributed by atoms with van der Waals surface area (Å²) in [7, 11) is 0. The normalized spacial score (nSPS) is 11.7. The van der Waals surface area contributed by atoms with E-state index in [9.17, 15) is 9.90 Å². The lowest BCUT2D eigenvalue weighted by molar-refractivity contribution is -0.122. The van der Waals surface area contributed by atoms with Crippen molar-refractivity contribution in [1.29, 1.82) is 0 Å². The zero-order valence-electron chi connectivity index (χ0n) is 10.6. The van der Waals surface area contributed by atoms with Crippen LogP contribution in [0.1, 0.15) is 25.0 Å². The molecule has 0 aliphatic rings. The third-order valence-corrected chi connectivity index (χ3v) is 2.47. The summed E-state index contributed by atoms with van der Waals surface area (Å²) < 4.78 is 5.41. The van der Waals surface area contributed by atoms with Crippen LogP contribution in [0.15, 0.2) is 36.9 Å². The van der Waals surface area contributed by atoms with Crippen molar-refractivity contribution in [3.8, 4) is 5.75 Å². The van der Waals surface area contributed by atoms with E-state index in [1.54, 1.807) is 18.2 Å². The predicted octanol–water partition coefficient (Wildman–Crippen LogP) is 1.81. The van der Waals surface area contributed by atoms with Gasteiger partial charge in [0.2, 0.25) is 0 Å². The van der Waals surface area contributed by atoms with Crippen molar-refractivity contribution in [1.82, 2.24) is 5.32 Å². The van der Waals surface area contributed by atoms with Gasteiger partial charge in [-0.1, -0.05) is 31.2 Å². The van der Waals surface area contributed by atoms with Crippen LogP contribution >= 0.6 is 0 Å². The molecule has 0 bridgehead atoms. The van der Waals surface area contributed by atoms with E-state index in [-0.39, 0.29) is 12.5 Å². The molecule has 0 aliphatic heterocycles. The first-order chi connectivity index (χ1) is 8.69. The molecule has 0 fully saturated rings. The van der Waals surface area contributed by atoms with E-state index in [0.717, 1.165) is 0 Å². The summed E-state index contributed by atoms with van der Waals surface area (Å²) in [6.45, 7) is 5.75. The number of carbonyl (C=O) groups excluding carboxylic acids is 1. The fourth-order valence-corrected chi connectivity index (χ4v) is 1.49. The van der Waals surface area contributed by atoms with Crippen molar-refractivity contribution in [3.63, 3.8) is 0 Å². The summed E-state index contributed by atoms with van der Waals surface area (Å²) in [5.74, 6) is 0.330. The molecule has 1 atom stereocenters. The van der Waals surface area contributed by atoms with Crippen LogP contribution in [0.3, 0.4) is 0 Å². The average Bonchev–Trinajstić information content (AvgIpc) is 2.42. The molecule has 2 N–H and O–H groups in total. The van der Waals surface area contributed by atoms with E-state index in [0.29, 0.717) is 24.3 Å². The van der Waals surface area contributed by atoms with Crippen LogP contribution in [-0.2, 0) is 4.79 Å². The molecule has 4 nitrogen and oxygen atoms in total. The third kappa shape index (κ3) is 4.22. The number of ether oxygens (including phenoxy) is 1. The molecule has 4 heteroatoms. The molecule has 0 heterocycles. The van der Waals surface area contributed by atoms with E-state index in [4.69, 9.17) is 4.74 Å². The molecule has 98 valence electrons. The van der Waals surface area contributed by atoms with Crippen molar-refractivity contribution in [2.24, 2.45) is 0 Å². The number of aliphatic hydroxyl groups excluding tert-OH is 1. The standard InChI is InChI=1S/C14H19NO3/c1-3-9-15-14(17)10-18-13-8-6-5-7-11(13)12(16)4-2/h3,5-8,12,16H,1,4,9-10H2,2H3,(H,15,17)/t12-/m1/s1. The maximum absolute atomic E-state index is 11.4. The molecule has 1 amide bonds. The van der Waals surface area contributed by atoms with Gasteiger partial charge in [0.05, 0.1) is 6.10 Å². The summed E-state index contributed by atoms with van der Waals surface area (Å²) in [6.07, 6.45) is 1.63. The van der Waals surface area contributed by atoms with Crippen molar-refractivity contribution < 1.29 is 14.6 Å². The number of nitrogens with one attached hydrogen (secondary N) is 1. The van der Waals surface area contributed by atoms with Gasteiger partial charge in [0.1, 0.15) is 5.75 Å². The number of carbonyl (C=O) groups is 1. The number of aliphatic hydroxyl groups is 1. The van der Waals surface area contributed by atoms with Gasteiger partial charge in [0.25, 0.3) is 5.91 Å². The molecular formula is C14H19NO3. The minimum absolute atomic E-state index is 0.0682. The highest BCUT2D eigenvalue weighted by Crippen LogP contribution is 2.26. The van der Waals surface area contributed by atoms with Crippen LogP contribution < -0.4 is 10.1 Å². The Morgan fingerprint density at radius 1 is 1.56 bits per heavy atom. The Morgan fingerprint density at radius 3 is 2.94 bits per heavy atom. The molecule has 0 unspecified atom stereocenters. The van der Waals surface area contributed by atoms with Gasteiger partial charge in [0, 0.05) is 12.1 Å². The zero-order chi connectivity index (χ0) is 13.4. The molecule has 1 aromatic rings. The number of para-hydroxylation sites is 1. The quantitative estimate of drug-likeness (QED) is 0.725. The highest BCUT2D eigenvalue weighted by molar-refractivity contribution is 5.77. The van der Waals surface area contributed by atoms with Gasteiger partial charge >= 0.3 is 0 Å². The lowest BCUT2D eigenvalue weighted by Crippen LogP contribution is -2.29. The van der Waals surface area contributed by atoms with Gasteiger partial charge in [-0.2, -0.15) is 0 Å². The van der Waals surface area contributed by atoms with Crippen molar-refractivity contribution >= 4 is 5.91 Å². The van der Waals surface area contributed by atoms with Crippen molar-refractivity contribution in [2.75, 3.05) is 13.2 Å². The Bertz CT molecular complexity index is 404. The van der Waals surface area contributed by atoms with E-state index in [1.165, 1.54) is 0 Å². The van der Waals surface area contributed by atoms with E-state index in [2.05, 4.69) is 11.9 Å². The number of rotatable bonds is 7. The predicted molar refractivity (Wildman–Crippen MR) is 70.4 cm³/mol. The largest absolute Gasteiger partial charge is 0.483 e. The second kappa shape index (κ2) is 7.50. The topological polar surface area (TPSA) is 58.6 Å². The third-order valence-electron chi connectivity index (χ3n) is 2.47. The van der Waals surface area contributed by atoms with Crippen LogP contribution in [0, 0.1) is 0 Å². The highest BCUT2D eigenvalue weighted by atomic mass is 16.5. The molecule has 0 aliphatic carbocycles. The minimum atomic E-state index is -0.572. The molecule has 0 aromatic heterocycles. The van der Waals surface area contributed by atoms with Crippen LogP contribution in [0.4, 0.5) is 0 Å². The maximum atomic E-state index is 11.4. The molecule has 0 radical (unpaired) electrons. The summed E-state index contributed by atoms with van der Waals surface area (Å²) in [4.78, 5) is 11.4. The summed E-state index contributed by atoms with van der Waals surface area (Å²) in [5.41, 5.74) is 0.705. The molecule has 0 saturated heterocycles. The average molecular weight is 249 g/mol. The van der Waals surface area contributed by atoms with Crippen LogP contribution in [0.5, 0.6) is 5.75 Å². The molecule has 0 saturated carbocycles. The van der Waals surface area contributed by atoms with E-state index >= 15 is 0 Å². The monoisotopic (exact) mass is 249 g/mol. The van der Waals surface area contributed by atoms with Crippen LogP contribution in [0.2, 0.25) is 0 Å². The number of benzene rings is 1. The van der Waals surface area contributed by atoms with Gasteiger partial charge in [-0.25, -0.2) is 0 Å². The first kappa shape index (κ1) is 14.3. The van der Waals surface area contributed by atoms with Crippen molar-refractivity contribution in [3.05, 3.63) is 42.5 Å². The van der Waals surface area contributed by atoms with Crippen LogP contribution in [-0.4, -0.2) is 24.2 Å². The Morgan fingerprint density at radius 2 is 2.28 bits per heavy atom. The first-order valence-electron chi connectivity index (χ1n) is 5.96. The summed E-state index contributed by atoms with van der Waals surface area (Å²) in [5, 5.41) is 12.4. The highest BCUT2D eigenvalue weighted by Gasteiger charge is 2.11. The van der Waals surface area contributed by atoms with Gasteiger partial charge in [-0.05, 0) is 12.5 Å². The summed E-state index contributed by atoms with van der Waals surface area (Å²) in [6, 6.07) is 7.18. The van der Waals surface area contributed by atoms with Gasteiger partial charge in [-0.3, -0.25) is 4.79 Å². The Kier molecular flexibility index (Phi) is 5.94. The minimum Gasteiger partial charge on any atom is -0.483 e. The molecule has 1 rings (SSSR count). The molecule has 18 heavy (non-hydrogen) atoms. The molecule has 0 spiro atoms. The second-order valence-corrected chi connectivity index (χ2v) is 3.84. The number of amides is 1. The number of hydrogen-bond acceptors (Lipinski definition) is 3.